The van der Waals surface area contributed by atoms with Gasteiger partial charge in [0.1, 0.15) is 0 Å². The molecule has 2 rings (SSSR count). The molecule has 0 saturated carbocycles. The van der Waals surface area contributed by atoms with Crippen molar-refractivity contribution in [2.75, 3.05) is 0 Å². The number of ether oxygens (including phenoxy) is 1. The minimum atomic E-state index is -0.440. The fourth-order valence-electron chi connectivity index (χ4n) is 1.60. The van der Waals surface area contributed by atoms with E-state index in [-0.39, 0.29) is 11.8 Å². The summed E-state index contributed by atoms with van der Waals surface area (Å²) in [5, 5.41) is 7.86. The highest BCUT2D eigenvalue weighted by atomic mass is 16.5. The van der Waals surface area contributed by atoms with Crippen LogP contribution in [0.25, 0.3) is 5.69 Å². The van der Waals surface area contributed by atoms with Crippen LogP contribution < -0.4 is 0 Å². The molecule has 1 heterocycles. The SMILES string of the molecule is Cc1c(C(=O)OC(C)C)nnn1-c1ccccc1. The number of rotatable bonds is 3. The molecule has 0 aliphatic carbocycles. The number of carbonyl (C=O) groups is 1. The predicted octanol–water partition coefficient (Wildman–Crippen LogP) is 2.14. The molecule has 0 atom stereocenters. The van der Waals surface area contributed by atoms with E-state index in [0.717, 1.165) is 5.69 Å². The van der Waals surface area contributed by atoms with E-state index in [1.165, 1.54) is 0 Å². The Morgan fingerprint density at radius 2 is 1.94 bits per heavy atom. The topological polar surface area (TPSA) is 57.0 Å². The van der Waals surface area contributed by atoms with E-state index in [4.69, 9.17) is 4.74 Å². The van der Waals surface area contributed by atoms with Gasteiger partial charge >= 0.3 is 5.97 Å². The summed E-state index contributed by atoms with van der Waals surface area (Å²) in [6.45, 7) is 5.40. The average Bonchev–Trinajstić information content (AvgIpc) is 2.71. The third-order valence-corrected chi connectivity index (χ3v) is 2.43. The third kappa shape index (κ3) is 2.40. The molecule has 0 bridgehead atoms. The van der Waals surface area contributed by atoms with E-state index in [1.807, 2.05) is 30.3 Å². The number of nitrogens with zero attached hydrogens (tertiary/aromatic N) is 3. The monoisotopic (exact) mass is 245 g/mol. The zero-order valence-electron chi connectivity index (χ0n) is 10.6. The van der Waals surface area contributed by atoms with Gasteiger partial charge in [-0.1, -0.05) is 23.4 Å². The highest BCUT2D eigenvalue weighted by molar-refractivity contribution is 5.88. The lowest BCUT2D eigenvalue weighted by molar-refractivity contribution is 0.0370. The summed E-state index contributed by atoms with van der Waals surface area (Å²) in [4.78, 5) is 11.8. The van der Waals surface area contributed by atoms with Crippen LogP contribution in [0, 0.1) is 6.92 Å². The molecule has 1 aromatic heterocycles. The van der Waals surface area contributed by atoms with Crippen LogP contribution in [0.15, 0.2) is 30.3 Å². The van der Waals surface area contributed by atoms with Crippen LogP contribution in [0.4, 0.5) is 0 Å². The van der Waals surface area contributed by atoms with E-state index in [2.05, 4.69) is 10.3 Å². The summed E-state index contributed by atoms with van der Waals surface area (Å²) in [6, 6.07) is 9.54. The molecule has 18 heavy (non-hydrogen) atoms. The lowest BCUT2D eigenvalue weighted by Crippen LogP contribution is -2.13. The van der Waals surface area contributed by atoms with E-state index in [0.29, 0.717) is 5.69 Å². The van der Waals surface area contributed by atoms with E-state index in [1.54, 1.807) is 25.5 Å². The number of aromatic nitrogens is 3. The molecule has 0 aliphatic rings. The molecular weight excluding hydrogens is 230 g/mol. The zero-order chi connectivity index (χ0) is 13.1. The Morgan fingerprint density at radius 1 is 1.28 bits per heavy atom. The van der Waals surface area contributed by atoms with Crippen LogP contribution in [-0.2, 0) is 4.74 Å². The minimum absolute atomic E-state index is 0.168. The molecule has 94 valence electrons. The van der Waals surface area contributed by atoms with Gasteiger partial charge in [0.2, 0.25) is 0 Å². The van der Waals surface area contributed by atoms with Crippen molar-refractivity contribution in [2.45, 2.75) is 26.9 Å². The lowest BCUT2D eigenvalue weighted by atomic mass is 10.3. The van der Waals surface area contributed by atoms with Crippen molar-refractivity contribution in [2.24, 2.45) is 0 Å². The standard InChI is InChI=1S/C13H15N3O2/c1-9(2)18-13(17)12-10(3)16(15-14-12)11-7-5-4-6-8-11/h4-9H,1-3H3. The van der Waals surface area contributed by atoms with Crippen molar-refractivity contribution in [1.29, 1.82) is 0 Å². The van der Waals surface area contributed by atoms with Gasteiger partial charge in [-0.15, -0.1) is 5.10 Å². The molecule has 2 aromatic rings. The summed E-state index contributed by atoms with van der Waals surface area (Å²) in [6.07, 6.45) is -0.168. The van der Waals surface area contributed by atoms with Crippen LogP contribution in [0.3, 0.4) is 0 Å². The van der Waals surface area contributed by atoms with Crippen molar-refractivity contribution in [3.8, 4) is 5.69 Å². The molecule has 5 nitrogen and oxygen atoms in total. The second kappa shape index (κ2) is 5.00. The van der Waals surface area contributed by atoms with Crippen molar-refractivity contribution < 1.29 is 9.53 Å². The molecule has 0 aliphatic heterocycles. The Balaban J connectivity index is 2.32. The Hall–Kier alpha value is -2.17. The van der Waals surface area contributed by atoms with Crippen LogP contribution in [0.2, 0.25) is 0 Å². The molecule has 0 N–H and O–H groups in total. The summed E-state index contributed by atoms with van der Waals surface area (Å²) in [7, 11) is 0. The molecule has 0 fully saturated rings. The number of hydrogen-bond donors (Lipinski definition) is 0. The van der Waals surface area contributed by atoms with Crippen LogP contribution in [-0.4, -0.2) is 27.1 Å². The number of esters is 1. The van der Waals surface area contributed by atoms with Crippen LogP contribution in [0.5, 0.6) is 0 Å². The third-order valence-electron chi connectivity index (χ3n) is 2.43. The first kappa shape index (κ1) is 12.3. The van der Waals surface area contributed by atoms with E-state index >= 15 is 0 Å². The number of hydrogen-bond acceptors (Lipinski definition) is 4. The quantitative estimate of drug-likeness (QED) is 0.777. The highest BCUT2D eigenvalue weighted by Gasteiger charge is 2.19. The second-order valence-electron chi connectivity index (χ2n) is 4.22. The maximum absolute atomic E-state index is 11.8. The molecule has 1 aromatic carbocycles. The number of para-hydroxylation sites is 1. The van der Waals surface area contributed by atoms with Gasteiger partial charge in [0.25, 0.3) is 0 Å². The van der Waals surface area contributed by atoms with E-state index < -0.39 is 5.97 Å². The largest absolute Gasteiger partial charge is 0.458 e. The molecular formula is C13H15N3O2. The molecule has 5 heteroatoms. The molecule has 0 radical (unpaired) electrons. The fourth-order valence-corrected chi connectivity index (χ4v) is 1.60. The van der Waals surface area contributed by atoms with Gasteiger partial charge in [-0.2, -0.15) is 0 Å². The van der Waals surface area contributed by atoms with Gasteiger partial charge in [-0.05, 0) is 32.9 Å². The maximum Gasteiger partial charge on any atom is 0.361 e. The van der Waals surface area contributed by atoms with Gasteiger partial charge < -0.3 is 4.74 Å². The second-order valence-corrected chi connectivity index (χ2v) is 4.22. The normalized spacial score (nSPS) is 10.7. The fraction of sp³-hybridized carbons (Fsp3) is 0.308. The van der Waals surface area contributed by atoms with Crippen molar-refractivity contribution in [3.05, 3.63) is 41.7 Å². The first-order chi connectivity index (χ1) is 8.59. The molecule has 0 amide bonds. The first-order valence-corrected chi connectivity index (χ1v) is 5.78. The molecule has 0 spiro atoms. The van der Waals surface area contributed by atoms with Gasteiger partial charge in [0.05, 0.1) is 17.5 Å². The number of carbonyl (C=O) groups excluding carboxylic acids is 1. The van der Waals surface area contributed by atoms with Crippen molar-refractivity contribution in [3.63, 3.8) is 0 Å². The summed E-state index contributed by atoms with van der Waals surface area (Å²) >= 11 is 0. The Bertz CT molecular complexity index is 547. The van der Waals surface area contributed by atoms with Gasteiger partial charge in [0.15, 0.2) is 5.69 Å². The Morgan fingerprint density at radius 3 is 2.56 bits per heavy atom. The summed E-state index contributed by atoms with van der Waals surface area (Å²) in [5.41, 5.74) is 1.80. The summed E-state index contributed by atoms with van der Waals surface area (Å²) in [5.74, 6) is -0.440. The van der Waals surface area contributed by atoms with Gasteiger partial charge in [-0.3, -0.25) is 0 Å². The van der Waals surface area contributed by atoms with Crippen molar-refractivity contribution in [1.82, 2.24) is 15.0 Å². The minimum Gasteiger partial charge on any atom is -0.458 e. The smallest absolute Gasteiger partial charge is 0.361 e. The Labute approximate surface area is 105 Å². The van der Waals surface area contributed by atoms with Crippen molar-refractivity contribution >= 4 is 5.97 Å². The van der Waals surface area contributed by atoms with E-state index in [9.17, 15) is 4.79 Å². The zero-order valence-corrected chi connectivity index (χ0v) is 10.6. The lowest BCUT2D eigenvalue weighted by Gasteiger charge is -2.06. The Kier molecular flexibility index (Phi) is 3.41. The number of benzene rings is 1. The predicted molar refractivity (Wildman–Crippen MR) is 66.6 cm³/mol. The average molecular weight is 245 g/mol. The van der Waals surface area contributed by atoms with Crippen LogP contribution >= 0.6 is 0 Å². The van der Waals surface area contributed by atoms with Gasteiger partial charge in [-0.25, -0.2) is 9.48 Å². The van der Waals surface area contributed by atoms with Crippen LogP contribution in [0.1, 0.15) is 30.0 Å². The maximum atomic E-state index is 11.8. The molecule has 0 unspecified atom stereocenters. The first-order valence-electron chi connectivity index (χ1n) is 5.78. The summed E-state index contributed by atoms with van der Waals surface area (Å²) < 4.78 is 6.73. The van der Waals surface area contributed by atoms with Gasteiger partial charge in [0, 0.05) is 0 Å². The highest BCUT2D eigenvalue weighted by Crippen LogP contribution is 2.12. The molecule has 0 saturated heterocycles.